The Hall–Kier alpha value is 0.170. The molecule has 0 N–H and O–H groups in total. The SMILES string of the molecule is CC(C)(C)C=PCC(C)(C)C. The summed E-state index contributed by atoms with van der Waals surface area (Å²) in [4.78, 5) is 0. The topological polar surface area (TPSA) is 0 Å². The average molecular weight is 172 g/mol. The van der Waals surface area contributed by atoms with Gasteiger partial charge in [0.2, 0.25) is 0 Å². The van der Waals surface area contributed by atoms with Crippen LogP contribution in [0.2, 0.25) is 0 Å². The van der Waals surface area contributed by atoms with Crippen LogP contribution in [0.15, 0.2) is 0 Å². The van der Waals surface area contributed by atoms with Gasteiger partial charge >= 0.3 is 0 Å². The van der Waals surface area contributed by atoms with Gasteiger partial charge in [0.1, 0.15) is 0 Å². The maximum Gasteiger partial charge on any atom is -0.00603 e. The van der Waals surface area contributed by atoms with Crippen LogP contribution < -0.4 is 0 Å². The summed E-state index contributed by atoms with van der Waals surface area (Å²) in [6.45, 7) is 13.6. The van der Waals surface area contributed by atoms with Gasteiger partial charge in [-0.1, -0.05) is 47.3 Å². The van der Waals surface area contributed by atoms with E-state index in [1.54, 1.807) is 0 Å². The van der Waals surface area contributed by atoms with E-state index in [1.807, 2.05) is 0 Å². The van der Waals surface area contributed by atoms with Crippen LogP contribution in [-0.4, -0.2) is 12.0 Å². The minimum absolute atomic E-state index is 0.382. The van der Waals surface area contributed by atoms with Crippen molar-refractivity contribution < 1.29 is 0 Å². The highest BCUT2D eigenvalue weighted by Gasteiger charge is 2.09. The Kier molecular flexibility index (Phi) is 3.77. The van der Waals surface area contributed by atoms with Gasteiger partial charge in [-0.25, -0.2) is 0 Å². The second kappa shape index (κ2) is 3.72. The first kappa shape index (κ1) is 11.2. The summed E-state index contributed by atoms with van der Waals surface area (Å²) in [5, 5.41) is 0. The molecule has 0 amide bonds. The van der Waals surface area contributed by atoms with Crippen LogP contribution in [0.1, 0.15) is 41.5 Å². The molecule has 0 heterocycles. The maximum atomic E-state index is 2.39. The van der Waals surface area contributed by atoms with Crippen LogP contribution in [-0.2, 0) is 0 Å². The molecule has 0 saturated carbocycles. The second-order valence-electron chi connectivity index (χ2n) is 5.40. The van der Waals surface area contributed by atoms with E-state index in [-0.39, 0.29) is 0 Å². The fraction of sp³-hybridized carbons (Fsp3) is 0.900. The van der Waals surface area contributed by atoms with Gasteiger partial charge in [0, 0.05) is 0 Å². The standard InChI is InChI=1S/C10H21P/c1-9(2,3)7-11-8-10(4,5)6/h7H,8H2,1-6H3. The van der Waals surface area contributed by atoms with E-state index in [0.717, 1.165) is 0 Å². The molecule has 0 bridgehead atoms. The summed E-state index contributed by atoms with van der Waals surface area (Å²) < 4.78 is 0. The first-order valence-corrected chi connectivity index (χ1v) is 5.37. The van der Waals surface area contributed by atoms with Crippen LogP contribution in [0.25, 0.3) is 0 Å². The van der Waals surface area contributed by atoms with Crippen LogP contribution in [0.5, 0.6) is 0 Å². The van der Waals surface area contributed by atoms with E-state index in [4.69, 9.17) is 0 Å². The Balaban J connectivity index is 3.80. The van der Waals surface area contributed by atoms with E-state index in [0.29, 0.717) is 10.8 Å². The van der Waals surface area contributed by atoms with E-state index in [1.165, 1.54) is 14.4 Å². The highest BCUT2D eigenvalue weighted by molar-refractivity contribution is 7.38. The molecule has 0 aliphatic heterocycles. The molecule has 1 heteroatoms. The smallest absolute Gasteiger partial charge is 0.00603 e. The van der Waals surface area contributed by atoms with Gasteiger partial charge in [0.25, 0.3) is 0 Å². The molecule has 0 fully saturated rings. The van der Waals surface area contributed by atoms with E-state index in [2.05, 4.69) is 47.3 Å². The normalized spacial score (nSPS) is 14.4. The Morgan fingerprint density at radius 1 is 1.00 bits per heavy atom. The quantitative estimate of drug-likeness (QED) is 0.527. The predicted octanol–water partition coefficient (Wildman–Crippen LogP) is 3.83. The zero-order valence-electron chi connectivity index (χ0n) is 8.73. The first-order chi connectivity index (χ1) is 4.71. The number of hydrogen-bond donors (Lipinski definition) is 0. The fourth-order valence-electron chi connectivity index (χ4n) is 0.593. The lowest BCUT2D eigenvalue weighted by molar-refractivity contribution is 0.480. The molecule has 0 aliphatic rings. The number of rotatable bonds is 1. The minimum atomic E-state index is 0.382. The van der Waals surface area contributed by atoms with Crippen molar-refractivity contribution in [3.63, 3.8) is 0 Å². The molecule has 0 rings (SSSR count). The third-order valence-corrected chi connectivity index (χ3v) is 3.13. The zero-order valence-corrected chi connectivity index (χ0v) is 9.63. The van der Waals surface area contributed by atoms with Gasteiger partial charge in [-0.2, -0.15) is 0 Å². The van der Waals surface area contributed by atoms with Gasteiger partial charge < -0.3 is 0 Å². The molecule has 0 saturated heterocycles. The molecule has 0 aromatic rings. The van der Waals surface area contributed by atoms with Crippen molar-refractivity contribution >= 4 is 14.0 Å². The highest BCUT2D eigenvalue weighted by Crippen LogP contribution is 2.22. The van der Waals surface area contributed by atoms with Gasteiger partial charge in [0.05, 0.1) is 0 Å². The number of hydrogen-bond acceptors (Lipinski definition) is 0. The molecular formula is C10H21P. The average Bonchev–Trinajstić information content (AvgIpc) is 1.55. The minimum Gasteiger partial charge on any atom is -0.108 e. The van der Waals surface area contributed by atoms with Crippen LogP contribution >= 0.6 is 8.20 Å². The Bertz CT molecular complexity index is 132. The lowest BCUT2D eigenvalue weighted by Gasteiger charge is -2.16. The molecule has 0 spiro atoms. The van der Waals surface area contributed by atoms with Crippen molar-refractivity contribution in [2.75, 3.05) is 6.16 Å². The lowest BCUT2D eigenvalue weighted by Crippen LogP contribution is -2.09. The summed E-state index contributed by atoms with van der Waals surface area (Å²) >= 11 is 0. The third kappa shape index (κ3) is 10.2. The summed E-state index contributed by atoms with van der Waals surface area (Å²) in [6.07, 6.45) is 1.27. The van der Waals surface area contributed by atoms with Crippen molar-refractivity contribution in [2.24, 2.45) is 10.8 Å². The molecule has 66 valence electrons. The third-order valence-electron chi connectivity index (χ3n) is 1.04. The van der Waals surface area contributed by atoms with E-state index in [9.17, 15) is 0 Å². The van der Waals surface area contributed by atoms with E-state index >= 15 is 0 Å². The Labute approximate surface area is 73.2 Å². The highest BCUT2D eigenvalue weighted by atomic mass is 31.1. The molecule has 0 atom stereocenters. The predicted molar refractivity (Wildman–Crippen MR) is 56.8 cm³/mol. The summed E-state index contributed by atoms with van der Waals surface area (Å²) in [5.74, 6) is 2.39. The van der Waals surface area contributed by atoms with Gasteiger partial charge in [-0.05, 0) is 17.0 Å². The van der Waals surface area contributed by atoms with E-state index < -0.39 is 0 Å². The monoisotopic (exact) mass is 172 g/mol. The van der Waals surface area contributed by atoms with Crippen LogP contribution in [0.3, 0.4) is 0 Å². The Morgan fingerprint density at radius 2 is 1.45 bits per heavy atom. The van der Waals surface area contributed by atoms with Crippen molar-refractivity contribution in [3.05, 3.63) is 0 Å². The second-order valence-corrected chi connectivity index (χ2v) is 6.34. The molecular weight excluding hydrogens is 151 g/mol. The lowest BCUT2D eigenvalue weighted by atomic mass is 10.0. The van der Waals surface area contributed by atoms with Crippen molar-refractivity contribution in [3.8, 4) is 0 Å². The van der Waals surface area contributed by atoms with Gasteiger partial charge in [-0.3, -0.25) is 0 Å². The molecule has 0 radical (unpaired) electrons. The summed E-state index contributed by atoms with van der Waals surface area (Å²) in [6, 6.07) is 0. The molecule has 0 aliphatic carbocycles. The van der Waals surface area contributed by atoms with Crippen molar-refractivity contribution in [1.82, 2.24) is 0 Å². The van der Waals surface area contributed by atoms with Crippen molar-refractivity contribution in [1.29, 1.82) is 0 Å². The van der Waals surface area contributed by atoms with Crippen LogP contribution in [0.4, 0.5) is 0 Å². The molecule has 0 unspecified atom stereocenters. The largest absolute Gasteiger partial charge is 0.108 e. The zero-order chi connectivity index (χ0) is 9.12. The molecule has 0 aromatic carbocycles. The Morgan fingerprint density at radius 3 is 1.73 bits per heavy atom. The fourth-order valence-corrected chi connectivity index (χ4v) is 1.78. The summed E-state index contributed by atoms with van der Waals surface area (Å²) in [5.41, 5.74) is 0.857. The van der Waals surface area contributed by atoms with Gasteiger partial charge in [-0.15, -0.1) is 8.20 Å². The summed E-state index contributed by atoms with van der Waals surface area (Å²) in [7, 11) is 1.48. The first-order valence-electron chi connectivity index (χ1n) is 4.22. The molecule has 0 aromatic heterocycles. The van der Waals surface area contributed by atoms with Crippen molar-refractivity contribution in [2.45, 2.75) is 41.5 Å². The molecule has 11 heavy (non-hydrogen) atoms. The molecule has 0 nitrogen and oxygen atoms in total. The maximum absolute atomic E-state index is 2.39. The van der Waals surface area contributed by atoms with Crippen LogP contribution in [0, 0.1) is 10.8 Å². The van der Waals surface area contributed by atoms with Gasteiger partial charge in [0.15, 0.2) is 0 Å².